The summed E-state index contributed by atoms with van der Waals surface area (Å²) in [7, 11) is 0. The quantitative estimate of drug-likeness (QED) is 0.826. The zero-order valence-electron chi connectivity index (χ0n) is 13.8. The van der Waals surface area contributed by atoms with Crippen LogP contribution in [0.5, 0.6) is 0 Å². The minimum absolute atomic E-state index is 0.0219. The monoisotopic (exact) mass is 391 g/mol. The fourth-order valence-corrected chi connectivity index (χ4v) is 3.51. The van der Waals surface area contributed by atoms with Gasteiger partial charge < -0.3 is 10.6 Å². The summed E-state index contributed by atoms with van der Waals surface area (Å²) in [6.07, 6.45) is 0.0219. The maximum absolute atomic E-state index is 13.2. The first kappa shape index (κ1) is 18.4. The van der Waals surface area contributed by atoms with Crippen molar-refractivity contribution >= 4 is 51.7 Å². The second-order valence-electron chi connectivity index (χ2n) is 5.68. The standard InChI is InChI=1S/C18H15ClFN3O2S/c1-10-4-2-3-5-14(10)22-16(24)9-15-17(25)23-18(26-15)21-11-6-7-13(20)12(19)8-11/h2-8,15H,9H2,1H3,(H,22,24)(H,21,23,25)/t15-/m0/s1. The zero-order valence-corrected chi connectivity index (χ0v) is 15.3. The first-order valence-electron chi connectivity index (χ1n) is 7.79. The molecule has 1 atom stereocenters. The van der Waals surface area contributed by atoms with Gasteiger partial charge >= 0.3 is 0 Å². The Morgan fingerprint density at radius 2 is 2.12 bits per heavy atom. The predicted molar refractivity (Wildman–Crippen MR) is 102 cm³/mol. The second-order valence-corrected chi connectivity index (χ2v) is 7.28. The van der Waals surface area contributed by atoms with E-state index in [2.05, 4.69) is 15.6 Å². The summed E-state index contributed by atoms with van der Waals surface area (Å²) in [5.41, 5.74) is 2.08. The molecule has 3 rings (SSSR count). The first-order chi connectivity index (χ1) is 12.4. The number of nitrogens with zero attached hydrogens (tertiary/aromatic N) is 1. The molecule has 26 heavy (non-hydrogen) atoms. The predicted octanol–water partition coefficient (Wildman–Crippen LogP) is 4.04. The summed E-state index contributed by atoms with van der Waals surface area (Å²) in [5, 5.41) is 5.16. The zero-order chi connectivity index (χ0) is 18.7. The molecule has 2 N–H and O–H groups in total. The highest BCUT2D eigenvalue weighted by Crippen LogP contribution is 2.27. The summed E-state index contributed by atoms with van der Waals surface area (Å²) < 4.78 is 13.2. The van der Waals surface area contributed by atoms with Crippen molar-refractivity contribution in [2.24, 2.45) is 4.99 Å². The molecule has 134 valence electrons. The van der Waals surface area contributed by atoms with E-state index in [0.717, 1.165) is 23.0 Å². The molecule has 5 nitrogen and oxygen atoms in total. The van der Waals surface area contributed by atoms with E-state index in [1.54, 1.807) is 6.07 Å². The third-order valence-corrected chi connectivity index (χ3v) is 5.07. The highest BCUT2D eigenvalue weighted by atomic mass is 35.5. The number of benzene rings is 2. The van der Waals surface area contributed by atoms with Crippen LogP contribution in [0.1, 0.15) is 12.0 Å². The lowest BCUT2D eigenvalue weighted by Crippen LogP contribution is -2.28. The smallest absolute Gasteiger partial charge is 0.240 e. The van der Waals surface area contributed by atoms with E-state index in [0.29, 0.717) is 10.9 Å². The Kier molecular flexibility index (Phi) is 5.58. The van der Waals surface area contributed by atoms with E-state index in [-0.39, 0.29) is 23.3 Å². The van der Waals surface area contributed by atoms with E-state index in [9.17, 15) is 14.0 Å². The van der Waals surface area contributed by atoms with Crippen LogP contribution in [-0.2, 0) is 9.59 Å². The fraction of sp³-hybridized carbons (Fsp3) is 0.167. The summed E-state index contributed by atoms with van der Waals surface area (Å²) in [6.45, 7) is 1.89. The highest BCUT2D eigenvalue weighted by molar-refractivity contribution is 8.15. The number of hydrogen-bond acceptors (Lipinski definition) is 4. The SMILES string of the molecule is Cc1ccccc1NC(=O)C[C@@H]1SC(=Nc2ccc(F)c(Cl)c2)NC1=O. The van der Waals surface area contributed by atoms with Crippen molar-refractivity contribution in [3.63, 3.8) is 0 Å². The number of aliphatic imine (C=N–C) groups is 1. The van der Waals surface area contributed by atoms with Crippen molar-refractivity contribution in [2.75, 3.05) is 5.32 Å². The van der Waals surface area contributed by atoms with Gasteiger partial charge in [0, 0.05) is 12.1 Å². The maximum atomic E-state index is 13.2. The Morgan fingerprint density at radius 1 is 1.35 bits per heavy atom. The van der Waals surface area contributed by atoms with Crippen LogP contribution in [0.25, 0.3) is 0 Å². The molecular weight excluding hydrogens is 377 g/mol. The molecule has 2 aromatic carbocycles. The number of halogens is 2. The molecular formula is C18H15ClFN3O2S. The molecule has 2 amide bonds. The van der Waals surface area contributed by atoms with E-state index >= 15 is 0 Å². The van der Waals surface area contributed by atoms with Gasteiger partial charge in [-0.15, -0.1) is 0 Å². The van der Waals surface area contributed by atoms with E-state index in [1.165, 1.54) is 18.2 Å². The minimum Gasteiger partial charge on any atom is -0.326 e. The van der Waals surface area contributed by atoms with Crippen LogP contribution >= 0.6 is 23.4 Å². The average molecular weight is 392 g/mol. The molecule has 0 aliphatic carbocycles. The lowest BCUT2D eigenvalue weighted by Gasteiger charge is -2.09. The van der Waals surface area contributed by atoms with Crippen molar-refractivity contribution in [1.29, 1.82) is 0 Å². The molecule has 8 heteroatoms. The fourth-order valence-electron chi connectivity index (χ4n) is 2.35. The lowest BCUT2D eigenvalue weighted by molar-refractivity contribution is -0.122. The van der Waals surface area contributed by atoms with Crippen LogP contribution in [0.4, 0.5) is 15.8 Å². The Balaban J connectivity index is 1.64. The molecule has 1 heterocycles. The number of aryl methyl sites for hydroxylation is 1. The number of thioether (sulfide) groups is 1. The van der Waals surface area contributed by atoms with Crippen molar-refractivity contribution in [2.45, 2.75) is 18.6 Å². The van der Waals surface area contributed by atoms with Gasteiger partial charge in [0.15, 0.2) is 5.17 Å². The van der Waals surface area contributed by atoms with Gasteiger partial charge in [0.25, 0.3) is 0 Å². The van der Waals surface area contributed by atoms with Gasteiger partial charge in [-0.2, -0.15) is 0 Å². The molecule has 1 saturated heterocycles. The number of para-hydroxylation sites is 1. The number of anilines is 1. The molecule has 0 aromatic heterocycles. The van der Waals surface area contributed by atoms with Gasteiger partial charge in [0.05, 0.1) is 10.7 Å². The van der Waals surface area contributed by atoms with Crippen LogP contribution in [0, 0.1) is 12.7 Å². The number of carbonyl (C=O) groups excluding carboxylic acids is 2. The second kappa shape index (κ2) is 7.88. The molecule has 1 aliphatic rings. The Morgan fingerprint density at radius 3 is 2.85 bits per heavy atom. The number of amides is 2. The van der Waals surface area contributed by atoms with Crippen LogP contribution < -0.4 is 10.6 Å². The normalized spacial score (nSPS) is 18.0. The largest absolute Gasteiger partial charge is 0.326 e. The number of carbonyl (C=O) groups is 2. The molecule has 0 bridgehead atoms. The lowest BCUT2D eigenvalue weighted by atomic mass is 10.2. The Hall–Kier alpha value is -2.38. The molecule has 0 unspecified atom stereocenters. The van der Waals surface area contributed by atoms with Crippen LogP contribution in [0.15, 0.2) is 47.5 Å². The maximum Gasteiger partial charge on any atom is 0.240 e. The Bertz CT molecular complexity index is 904. The summed E-state index contributed by atoms with van der Waals surface area (Å²) in [4.78, 5) is 28.5. The third-order valence-electron chi connectivity index (χ3n) is 3.70. The van der Waals surface area contributed by atoms with Crippen molar-refractivity contribution in [3.8, 4) is 0 Å². The first-order valence-corrected chi connectivity index (χ1v) is 9.05. The molecule has 1 fully saturated rings. The molecule has 1 aliphatic heterocycles. The summed E-state index contributed by atoms with van der Waals surface area (Å²) >= 11 is 6.88. The number of nitrogens with one attached hydrogen (secondary N) is 2. The van der Waals surface area contributed by atoms with E-state index in [4.69, 9.17) is 11.6 Å². The van der Waals surface area contributed by atoms with E-state index < -0.39 is 11.1 Å². The van der Waals surface area contributed by atoms with Crippen molar-refractivity contribution in [3.05, 3.63) is 58.9 Å². The van der Waals surface area contributed by atoms with Gasteiger partial charge in [-0.25, -0.2) is 9.38 Å². The summed E-state index contributed by atoms with van der Waals surface area (Å²) in [5.74, 6) is -1.08. The van der Waals surface area contributed by atoms with Crippen LogP contribution in [0.2, 0.25) is 5.02 Å². The third kappa shape index (κ3) is 4.42. The molecule has 0 spiro atoms. The van der Waals surface area contributed by atoms with Gasteiger partial charge in [0.2, 0.25) is 11.8 Å². The topological polar surface area (TPSA) is 70.6 Å². The minimum atomic E-state index is -0.575. The number of amidine groups is 1. The van der Waals surface area contributed by atoms with Crippen LogP contribution in [0.3, 0.4) is 0 Å². The Labute approximate surface area is 159 Å². The van der Waals surface area contributed by atoms with Gasteiger partial charge in [-0.05, 0) is 36.8 Å². The number of hydrogen-bond donors (Lipinski definition) is 2. The van der Waals surface area contributed by atoms with Crippen LogP contribution in [-0.4, -0.2) is 22.2 Å². The molecule has 0 saturated carbocycles. The highest BCUT2D eigenvalue weighted by Gasteiger charge is 2.32. The number of rotatable bonds is 4. The summed E-state index contributed by atoms with van der Waals surface area (Å²) in [6, 6.07) is 11.4. The van der Waals surface area contributed by atoms with Gasteiger partial charge in [-0.1, -0.05) is 41.6 Å². The molecule has 0 radical (unpaired) electrons. The van der Waals surface area contributed by atoms with Crippen molar-refractivity contribution < 1.29 is 14.0 Å². The van der Waals surface area contributed by atoms with Gasteiger partial charge in [-0.3, -0.25) is 9.59 Å². The van der Waals surface area contributed by atoms with Crippen molar-refractivity contribution in [1.82, 2.24) is 5.32 Å². The molecule has 2 aromatic rings. The van der Waals surface area contributed by atoms with E-state index in [1.807, 2.05) is 25.1 Å². The average Bonchev–Trinajstić information content (AvgIpc) is 2.92. The van der Waals surface area contributed by atoms with Gasteiger partial charge in [0.1, 0.15) is 11.1 Å².